The molecule has 142 valence electrons. The first-order valence-corrected chi connectivity index (χ1v) is 8.83. The number of ketones is 1. The number of Topliss-reactive ketones (excluding diaryl/α,β-unsaturated/α-hetero) is 1. The van der Waals surface area contributed by atoms with Crippen molar-refractivity contribution >= 4 is 23.2 Å². The lowest BCUT2D eigenvalue weighted by molar-refractivity contribution is -0.120. The molecule has 0 aliphatic heterocycles. The molecule has 0 saturated heterocycles. The molecule has 5 N–H and O–H groups in total. The lowest BCUT2D eigenvalue weighted by atomic mass is 9.98. The summed E-state index contributed by atoms with van der Waals surface area (Å²) >= 11 is 0. The van der Waals surface area contributed by atoms with Crippen LogP contribution >= 0.6 is 0 Å². The van der Waals surface area contributed by atoms with Crippen LogP contribution in [0.5, 0.6) is 0 Å². The van der Waals surface area contributed by atoms with Gasteiger partial charge in [0.05, 0.1) is 11.7 Å². The molecule has 1 amide bonds. The second-order valence-electron chi connectivity index (χ2n) is 6.32. The van der Waals surface area contributed by atoms with Gasteiger partial charge in [0, 0.05) is 30.6 Å². The lowest BCUT2D eigenvalue weighted by Gasteiger charge is -2.12. The van der Waals surface area contributed by atoms with Gasteiger partial charge in [-0.1, -0.05) is 18.2 Å². The molecule has 1 aromatic carbocycles. The molecular weight excluding hydrogens is 354 g/mol. The maximum Gasteiger partial charge on any atom is 0.255 e. The van der Waals surface area contributed by atoms with E-state index < -0.39 is 6.04 Å². The van der Waals surface area contributed by atoms with Crippen molar-refractivity contribution < 1.29 is 9.59 Å². The fraction of sp³-hybridized carbons (Fsp3) is 0.143. The van der Waals surface area contributed by atoms with E-state index in [1.165, 1.54) is 0 Å². The molecule has 0 aliphatic rings. The van der Waals surface area contributed by atoms with E-state index >= 15 is 0 Å². The number of carbonyl (C=O) groups is 2. The highest BCUT2D eigenvalue weighted by Gasteiger charge is 2.16. The third-order valence-corrected chi connectivity index (χ3v) is 4.35. The van der Waals surface area contributed by atoms with Gasteiger partial charge in [-0.3, -0.25) is 14.6 Å². The van der Waals surface area contributed by atoms with Crippen LogP contribution in [0.15, 0.2) is 67.1 Å². The number of rotatable bonds is 7. The maximum atomic E-state index is 12.4. The number of aromatic nitrogens is 2. The third-order valence-electron chi connectivity index (χ3n) is 4.35. The summed E-state index contributed by atoms with van der Waals surface area (Å²) in [7, 11) is 0. The number of anilines is 2. The van der Waals surface area contributed by atoms with Crippen molar-refractivity contribution in [2.24, 2.45) is 5.73 Å². The normalized spacial score (nSPS) is 11.6. The average molecular weight is 375 g/mol. The van der Waals surface area contributed by atoms with E-state index in [2.05, 4.69) is 15.3 Å². The summed E-state index contributed by atoms with van der Waals surface area (Å²) in [6.07, 6.45) is 5.90. The molecule has 7 nitrogen and oxygen atoms in total. The Balaban J connectivity index is 1.60. The Hall–Kier alpha value is -3.58. The minimum atomic E-state index is -0.734. The van der Waals surface area contributed by atoms with E-state index in [0.29, 0.717) is 29.7 Å². The zero-order valence-corrected chi connectivity index (χ0v) is 15.2. The fourth-order valence-electron chi connectivity index (χ4n) is 2.71. The van der Waals surface area contributed by atoms with Gasteiger partial charge < -0.3 is 16.8 Å². The predicted octanol–water partition coefficient (Wildman–Crippen LogP) is 2.51. The number of nitrogens with zero attached hydrogens (tertiary/aromatic N) is 2. The maximum absolute atomic E-state index is 12.4. The number of nitrogens with one attached hydrogen (secondary N) is 1. The number of nitrogen functional groups attached to an aromatic ring is 1. The minimum Gasteiger partial charge on any atom is -0.382 e. The smallest absolute Gasteiger partial charge is 0.255 e. The van der Waals surface area contributed by atoms with Crippen molar-refractivity contribution in [3.63, 3.8) is 0 Å². The van der Waals surface area contributed by atoms with Crippen LogP contribution in [0, 0.1) is 0 Å². The number of pyridine rings is 2. The number of hydrogen-bond donors (Lipinski definition) is 3. The van der Waals surface area contributed by atoms with Crippen molar-refractivity contribution in [2.45, 2.75) is 18.9 Å². The Labute approximate surface area is 162 Å². The molecule has 0 saturated carbocycles. The predicted molar refractivity (Wildman–Crippen MR) is 108 cm³/mol. The topological polar surface area (TPSA) is 124 Å². The number of benzene rings is 1. The monoisotopic (exact) mass is 375 g/mol. The molecule has 0 radical (unpaired) electrons. The van der Waals surface area contributed by atoms with Crippen molar-refractivity contribution in [2.75, 3.05) is 11.1 Å². The van der Waals surface area contributed by atoms with Crippen molar-refractivity contribution in [3.8, 4) is 0 Å². The van der Waals surface area contributed by atoms with Crippen LogP contribution in [0.3, 0.4) is 0 Å². The van der Waals surface area contributed by atoms with Gasteiger partial charge in [0.25, 0.3) is 5.91 Å². The second kappa shape index (κ2) is 8.88. The third kappa shape index (κ3) is 4.77. The van der Waals surface area contributed by atoms with Crippen LogP contribution in [-0.4, -0.2) is 21.7 Å². The molecule has 7 heteroatoms. The zero-order valence-electron chi connectivity index (χ0n) is 15.2. The number of amides is 1. The molecule has 2 aromatic heterocycles. The summed E-state index contributed by atoms with van der Waals surface area (Å²) in [5.74, 6) is -0.138. The van der Waals surface area contributed by atoms with Gasteiger partial charge in [0.2, 0.25) is 0 Å². The molecule has 0 spiro atoms. The molecule has 1 atom stereocenters. The first-order valence-electron chi connectivity index (χ1n) is 8.83. The zero-order chi connectivity index (χ0) is 19.9. The first kappa shape index (κ1) is 19.2. The van der Waals surface area contributed by atoms with E-state index in [4.69, 9.17) is 11.5 Å². The van der Waals surface area contributed by atoms with Crippen molar-refractivity contribution in [1.82, 2.24) is 9.97 Å². The molecule has 0 aliphatic carbocycles. The summed E-state index contributed by atoms with van der Waals surface area (Å²) in [5, 5.41) is 2.71. The van der Waals surface area contributed by atoms with Crippen LogP contribution in [0.2, 0.25) is 0 Å². The van der Waals surface area contributed by atoms with Crippen molar-refractivity contribution in [3.05, 3.63) is 83.8 Å². The Kier molecular flexibility index (Phi) is 6.08. The van der Waals surface area contributed by atoms with Crippen LogP contribution in [-0.2, 0) is 11.2 Å². The van der Waals surface area contributed by atoms with Crippen LogP contribution in [0.25, 0.3) is 0 Å². The van der Waals surface area contributed by atoms with Gasteiger partial charge in [-0.05, 0) is 47.9 Å². The van der Waals surface area contributed by atoms with E-state index in [1.54, 1.807) is 55.0 Å². The molecule has 0 bridgehead atoms. The minimum absolute atomic E-state index is 0.0656. The summed E-state index contributed by atoms with van der Waals surface area (Å²) in [4.78, 5) is 32.7. The quantitative estimate of drug-likeness (QED) is 0.583. The van der Waals surface area contributed by atoms with Crippen molar-refractivity contribution in [1.29, 1.82) is 0 Å². The van der Waals surface area contributed by atoms with Gasteiger partial charge in [-0.15, -0.1) is 0 Å². The van der Waals surface area contributed by atoms with E-state index in [9.17, 15) is 9.59 Å². The first-order chi connectivity index (χ1) is 13.5. The molecular formula is C21H21N5O2. The molecule has 28 heavy (non-hydrogen) atoms. The fourth-order valence-corrected chi connectivity index (χ4v) is 2.71. The number of aryl methyl sites for hydroxylation is 1. The Morgan fingerprint density at radius 3 is 2.46 bits per heavy atom. The largest absolute Gasteiger partial charge is 0.382 e. The van der Waals surface area contributed by atoms with Gasteiger partial charge in [0.1, 0.15) is 5.82 Å². The molecule has 3 aromatic rings. The molecule has 3 rings (SSSR count). The summed E-state index contributed by atoms with van der Waals surface area (Å²) in [5.41, 5.74) is 14.3. The van der Waals surface area contributed by atoms with Gasteiger partial charge in [-0.2, -0.15) is 0 Å². The Morgan fingerprint density at radius 1 is 1.04 bits per heavy atom. The highest BCUT2D eigenvalue weighted by atomic mass is 16.1. The highest BCUT2D eigenvalue weighted by Crippen LogP contribution is 2.18. The SMILES string of the molecule is Nc1ncccc1NC(=O)c1ccc(C(N)C(=O)CCc2cccnc2)cc1. The number of nitrogens with two attached hydrogens (primary N) is 2. The average Bonchev–Trinajstić information content (AvgIpc) is 2.74. The van der Waals surface area contributed by atoms with Gasteiger partial charge >= 0.3 is 0 Å². The van der Waals surface area contributed by atoms with E-state index in [1.807, 2.05) is 12.1 Å². The lowest BCUT2D eigenvalue weighted by Crippen LogP contribution is -2.22. The summed E-state index contributed by atoms with van der Waals surface area (Å²) in [6, 6.07) is 13.0. The highest BCUT2D eigenvalue weighted by molar-refractivity contribution is 6.05. The summed E-state index contributed by atoms with van der Waals surface area (Å²) in [6.45, 7) is 0. The number of carbonyl (C=O) groups excluding carboxylic acids is 2. The standard InChI is InChI=1S/C21H21N5O2/c22-19(18(27)10-5-14-3-1-11-24-13-14)15-6-8-16(9-7-15)21(28)26-17-4-2-12-25-20(17)23/h1-4,6-9,11-13,19H,5,10,22H2,(H2,23,25)(H,26,28). The van der Waals surface area contributed by atoms with Gasteiger partial charge in [0.15, 0.2) is 5.78 Å². The van der Waals surface area contributed by atoms with E-state index in [-0.39, 0.29) is 17.5 Å². The Morgan fingerprint density at radius 2 is 1.79 bits per heavy atom. The molecule has 0 fully saturated rings. The van der Waals surface area contributed by atoms with Crippen LogP contribution in [0.1, 0.15) is 33.9 Å². The van der Waals surface area contributed by atoms with E-state index in [0.717, 1.165) is 5.56 Å². The number of hydrogen-bond acceptors (Lipinski definition) is 6. The second-order valence-corrected chi connectivity index (χ2v) is 6.32. The Bertz CT molecular complexity index is 958. The molecule has 1 unspecified atom stereocenters. The summed E-state index contributed by atoms with van der Waals surface area (Å²) < 4.78 is 0. The van der Waals surface area contributed by atoms with Gasteiger partial charge in [-0.25, -0.2) is 4.98 Å². The van der Waals surface area contributed by atoms with Crippen LogP contribution < -0.4 is 16.8 Å². The van der Waals surface area contributed by atoms with Crippen LogP contribution in [0.4, 0.5) is 11.5 Å². The molecule has 2 heterocycles.